The van der Waals surface area contributed by atoms with Gasteiger partial charge in [-0.05, 0) is 53.2 Å². The fraction of sp³-hybridized carbons (Fsp3) is 0.133. The van der Waals surface area contributed by atoms with Crippen molar-refractivity contribution in [2.75, 3.05) is 0 Å². The highest BCUT2D eigenvalue weighted by Gasteiger charge is 2.20. The van der Waals surface area contributed by atoms with Gasteiger partial charge in [0.2, 0.25) is 5.78 Å². The van der Waals surface area contributed by atoms with E-state index < -0.39 is 11.9 Å². The summed E-state index contributed by atoms with van der Waals surface area (Å²) in [5.41, 5.74) is 0.307. The van der Waals surface area contributed by atoms with Gasteiger partial charge in [0.25, 0.3) is 0 Å². The second-order valence-corrected chi connectivity index (χ2v) is 6.02. The second-order valence-electron chi connectivity index (χ2n) is 4.32. The van der Waals surface area contributed by atoms with Gasteiger partial charge in [-0.1, -0.05) is 23.2 Å². The highest BCUT2D eigenvalue weighted by molar-refractivity contribution is 9.10. The molecular formula is C15H10BrCl2FO2. The number of hydrogen-bond acceptors (Lipinski definition) is 2. The van der Waals surface area contributed by atoms with Crippen LogP contribution in [0.3, 0.4) is 0 Å². The number of hydrogen-bond donors (Lipinski definition) is 0. The number of benzene rings is 2. The molecule has 0 amide bonds. The molecule has 0 radical (unpaired) electrons. The average Bonchev–Trinajstić information content (AvgIpc) is 2.42. The van der Waals surface area contributed by atoms with Crippen molar-refractivity contribution in [3.05, 3.63) is 62.3 Å². The van der Waals surface area contributed by atoms with Gasteiger partial charge in [0, 0.05) is 16.7 Å². The Bertz CT molecular complexity index is 691. The number of ether oxygens (including phenoxy) is 1. The van der Waals surface area contributed by atoms with Crippen molar-refractivity contribution in [1.29, 1.82) is 0 Å². The highest BCUT2D eigenvalue weighted by atomic mass is 79.9. The maximum Gasteiger partial charge on any atom is 0.204 e. The average molecular weight is 392 g/mol. The fourth-order valence-corrected chi connectivity index (χ4v) is 2.56. The molecule has 0 aromatic heterocycles. The van der Waals surface area contributed by atoms with E-state index in [1.165, 1.54) is 30.3 Å². The lowest BCUT2D eigenvalue weighted by Crippen LogP contribution is -2.24. The molecule has 0 spiro atoms. The number of ketones is 1. The Balaban J connectivity index is 2.21. The minimum atomic E-state index is -0.818. The van der Waals surface area contributed by atoms with Gasteiger partial charge in [0.1, 0.15) is 11.6 Å². The lowest BCUT2D eigenvalue weighted by atomic mass is 10.1. The molecule has 0 heterocycles. The molecule has 21 heavy (non-hydrogen) atoms. The first-order valence-corrected chi connectivity index (χ1v) is 7.54. The Morgan fingerprint density at radius 1 is 1.24 bits per heavy atom. The van der Waals surface area contributed by atoms with E-state index in [0.29, 0.717) is 15.1 Å². The molecule has 0 aliphatic rings. The smallest absolute Gasteiger partial charge is 0.204 e. The monoisotopic (exact) mass is 390 g/mol. The highest BCUT2D eigenvalue weighted by Crippen LogP contribution is 2.28. The maximum absolute atomic E-state index is 13.2. The van der Waals surface area contributed by atoms with Crippen LogP contribution in [0.4, 0.5) is 4.39 Å². The van der Waals surface area contributed by atoms with E-state index in [0.717, 1.165) is 0 Å². The van der Waals surface area contributed by atoms with Crippen LogP contribution in [0.25, 0.3) is 0 Å². The fourth-order valence-electron chi connectivity index (χ4n) is 1.72. The minimum absolute atomic E-state index is 0.251. The van der Waals surface area contributed by atoms with Gasteiger partial charge in [-0.3, -0.25) is 4.79 Å². The van der Waals surface area contributed by atoms with Gasteiger partial charge in [0.05, 0.1) is 9.50 Å². The predicted molar refractivity (Wildman–Crippen MR) is 85.0 cm³/mol. The Morgan fingerprint density at radius 3 is 2.62 bits per heavy atom. The Hall–Kier alpha value is -1.10. The summed E-state index contributed by atoms with van der Waals surface area (Å²) in [7, 11) is 0. The number of rotatable bonds is 4. The van der Waals surface area contributed by atoms with Gasteiger partial charge in [0.15, 0.2) is 6.10 Å². The number of Topliss-reactive ketones (excluding diaryl/α,β-unsaturated/α-hetero) is 1. The topological polar surface area (TPSA) is 26.3 Å². The maximum atomic E-state index is 13.2. The second kappa shape index (κ2) is 6.77. The summed E-state index contributed by atoms with van der Waals surface area (Å²) in [5.74, 6) is -0.508. The molecule has 110 valence electrons. The molecule has 1 atom stereocenters. The third-order valence-corrected chi connectivity index (χ3v) is 3.97. The van der Waals surface area contributed by atoms with Crippen LogP contribution < -0.4 is 4.74 Å². The first kappa shape index (κ1) is 16.3. The molecule has 0 N–H and O–H groups in total. The summed E-state index contributed by atoms with van der Waals surface area (Å²) in [6.07, 6.45) is -0.818. The van der Waals surface area contributed by atoms with Crippen LogP contribution in [-0.4, -0.2) is 11.9 Å². The molecule has 0 bridgehead atoms. The van der Waals surface area contributed by atoms with Crippen LogP contribution in [0.1, 0.15) is 17.3 Å². The van der Waals surface area contributed by atoms with Crippen molar-refractivity contribution < 1.29 is 13.9 Å². The molecule has 0 fully saturated rings. The number of carbonyl (C=O) groups excluding carboxylic acids is 1. The normalized spacial score (nSPS) is 12.0. The van der Waals surface area contributed by atoms with E-state index in [1.54, 1.807) is 13.0 Å². The summed E-state index contributed by atoms with van der Waals surface area (Å²) in [6.45, 7) is 1.57. The SMILES string of the molecule is CC(Oc1cc(F)ccc1Br)C(=O)c1ccc(Cl)cc1Cl. The van der Waals surface area contributed by atoms with E-state index >= 15 is 0 Å². The van der Waals surface area contributed by atoms with E-state index in [4.69, 9.17) is 27.9 Å². The molecule has 2 aromatic carbocycles. The molecule has 6 heteroatoms. The minimum Gasteiger partial charge on any atom is -0.481 e. The van der Waals surface area contributed by atoms with Crippen LogP contribution in [0.15, 0.2) is 40.9 Å². The lowest BCUT2D eigenvalue weighted by molar-refractivity contribution is 0.0816. The van der Waals surface area contributed by atoms with Crippen molar-refractivity contribution in [3.8, 4) is 5.75 Å². The van der Waals surface area contributed by atoms with Gasteiger partial charge in [-0.25, -0.2) is 4.39 Å². The largest absolute Gasteiger partial charge is 0.481 e. The van der Waals surface area contributed by atoms with Gasteiger partial charge in [-0.2, -0.15) is 0 Å². The summed E-state index contributed by atoms with van der Waals surface area (Å²) < 4.78 is 19.3. The molecule has 2 rings (SSSR count). The van der Waals surface area contributed by atoms with Crippen molar-refractivity contribution in [3.63, 3.8) is 0 Å². The van der Waals surface area contributed by atoms with Crippen molar-refractivity contribution >= 4 is 44.9 Å². The molecule has 0 saturated carbocycles. The van der Waals surface area contributed by atoms with Gasteiger partial charge in [-0.15, -0.1) is 0 Å². The summed E-state index contributed by atoms with van der Waals surface area (Å²) in [5, 5.41) is 0.694. The van der Waals surface area contributed by atoms with E-state index in [1.807, 2.05) is 0 Å². The first-order chi connectivity index (χ1) is 9.88. The molecule has 2 aromatic rings. The van der Waals surface area contributed by atoms with E-state index in [-0.39, 0.29) is 16.6 Å². The summed E-state index contributed by atoms with van der Waals surface area (Å²) in [6, 6.07) is 8.61. The number of carbonyl (C=O) groups is 1. The van der Waals surface area contributed by atoms with Crippen molar-refractivity contribution in [1.82, 2.24) is 0 Å². The van der Waals surface area contributed by atoms with Crippen LogP contribution in [-0.2, 0) is 0 Å². The lowest BCUT2D eigenvalue weighted by Gasteiger charge is -2.15. The zero-order chi connectivity index (χ0) is 15.6. The zero-order valence-corrected chi connectivity index (χ0v) is 14.0. The number of halogens is 4. The Kier molecular flexibility index (Phi) is 5.25. The third-order valence-electron chi connectivity index (χ3n) is 2.76. The molecule has 0 saturated heterocycles. The molecular weight excluding hydrogens is 382 g/mol. The van der Waals surface area contributed by atoms with E-state index in [2.05, 4.69) is 15.9 Å². The van der Waals surface area contributed by atoms with E-state index in [9.17, 15) is 9.18 Å². The predicted octanol–water partition coefficient (Wildman–Crippen LogP) is 5.55. The van der Waals surface area contributed by atoms with Crippen molar-refractivity contribution in [2.45, 2.75) is 13.0 Å². The molecule has 1 unspecified atom stereocenters. The zero-order valence-electron chi connectivity index (χ0n) is 10.9. The van der Waals surface area contributed by atoms with Crippen LogP contribution in [0.2, 0.25) is 10.0 Å². The third kappa shape index (κ3) is 3.96. The quantitative estimate of drug-likeness (QED) is 0.639. The van der Waals surface area contributed by atoms with Gasteiger partial charge < -0.3 is 4.74 Å². The van der Waals surface area contributed by atoms with Crippen LogP contribution >= 0.6 is 39.1 Å². The van der Waals surface area contributed by atoms with Crippen molar-refractivity contribution in [2.24, 2.45) is 0 Å². The molecule has 0 aliphatic carbocycles. The first-order valence-electron chi connectivity index (χ1n) is 5.99. The molecule has 0 aliphatic heterocycles. The van der Waals surface area contributed by atoms with Crippen LogP contribution in [0, 0.1) is 5.82 Å². The van der Waals surface area contributed by atoms with Crippen LogP contribution in [0.5, 0.6) is 5.75 Å². The Labute approximate surface area is 139 Å². The summed E-state index contributed by atoms with van der Waals surface area (Å²) >= 11 is 15.0. The Morgan fingerprint density at radius 2 is 1.95 bits per heavy atom. The standard InChI is InChI=1S/C15H10BrCl2FO2/c1-8(21-14-7-10(19)3-5-12(14)16)15(20)11-4-2-9(17)6-13(11)18/h2-8H,1H3. The summed E-state index contributed by atoms with van der Waals surface area (Å²) in [4.78, 5) is 12.3. The molecule has 2 nitrogen and oxygen atoms in total. The van der Waals surface area contributed by atoms with Gasteiger partial charge >= 0.3 is 0 Å².